The second-order valence-electron chi connectivity index (χ2n) is 4.15. The summed E-state index contributed by atoms with van der Waals surface area (Å²) in [7, 11) is 1.65. The first-order chi connectivity index (χ1) is 8.90. The fraction of sp³-hybridized carbons (Fsp3) is 0.538. The number of alkyl halides is 3. The molecule has 108 valence electrons. The van der Waals surface area contributed by atoms with E-state index in [9.17, 15) is 17.6 Å². The lowest BCUT2D eigenvalue weighted by molar-refractivity contribution is -0.140. The highest BCUT2D eigenvalue weighted by Crippen LogP contribution is 2.32. The van der Waals surface area contributed by atoms with Crippen LogP contribution in [-0.2, 0) is 10.9 Å². The van der Waals surface area contributed by atoms with Gasteiger partial charge in [-0.2, -0.15) is 13.2 Å². The number of benzene rings is 1. The minimum Gasteiger partial charge on any atom is -0.379 e. The number of hydrogen-bond acceptors (Lipinski definition) is 2. The van der Waals surface area contributed by atoms with Gasteiger partial charge < -0.3 is 10.1 Å². The Bertz CT molecular complexity index is 406. The highest BCUT2D eigenvalue weighted by atomic mass is 19.4. The van der Waals surface area contributed by atoms with Crippen LogP contribution < -0.4 is 5.32 Å². The largest absolute Gasteiger partial charge is 0.419 e. The molecule has 1 atom stereocenters. The summed E-state index contributed by atoms with van der Waals surface area (Å²) in [5.74, 6) is -1.26. The second kappa shape index (κ2) is 6.86. The highest BCUT2D eigenvalue weighted by Gasteiger charge is 2.34. The van der Waals surface area contributed by atoms with Crippen molar-refractivity contribution in [3.8, 4) is 0 Å². The van der Waals surface area contributed by atoms with Crippen LogP contribution in [0.25, 0.3) is 0 Å². The molecule has 0 saturated carbocycles. The maximum absolute atomic E-state index is 13.4. The smallest absolute Gasteiger partial charge is 0.379 e. The lowest BCUT2D eigenvalue weighted by atomic mass is 10.0. The van der Waals surface area contributed by atoms with Crippen molar-refractivity contribution in [2.75, 3.05) is 20.3 Å². The standard InChI is InChI=1S/C13H17F4NO/c1-3-6-19-8-12(18-2)9-4-5-10(11(14)7-9)13(15,16)17/h4-5,7,12,18H,3,6,8H2,1-2H3. The number of halogens is 4. The van der Waals surface area contributed by atoms with Gasteiger partial charge in [0.2, 0.25) is 0 Å². The van der Waals surface area contributed by atoms with E-state index in [4.69, 9.17) is 4.74 Å². The van der Waals surface area contributed by atoms with E-state index in [1.54, 1.807) is 7.05 Å². The molecule has 0 aliphatic carbocycles. The van der Waals surface area contributed by atoms with E-state index in [1.165, 1.54) is 6.07 Å². The van der Waals surface area contributed by atoms with Gasteiger partial charge in [-0.1, -0.05) is 13.0 Å². The first-order valence-corrected chi connectivity index (χ1v) is 6.01. The molecule has 1 aromatic rings. The Morgan fingerprint density at radius 2 is 2.00 bits per heavy atom. The van der Waals surface area contributed by atoms with Crippen molar-refractivity contribution < 1.29 is 22.3 Å². The molecule has 0 bridgehead atoms. The first kappa shape index (κ1) is 15.9. The number of ether oxygens (including phenoxy) is 1. The zero-order valence-corrected chi connectivity index (χ0v) is 10.9. The Balaban J connectivity index is 2.86. The summed E-state index contributed by atoms with van der Waals surface area (Å²) in [5.41, 5.74) is -0.815. The molecule has 19 heavy (non-hydrogen) atoms. The van der Waals surface area contributed by atoms with Crippen molar-refractivity contribution in [2.45, 2.75) is 25.6 Å². The molecule has 1 unspecified atom stereocenters. The number of likely N-dealkylation sites (N-methyl/N-ethyl adjacent to an activating group) is 1. The molecule has 0 radical (unpaired) electrons. The average molecular weight is 279 g/mol. The third-order valence-electron chi connectivity index (χ3n) is 2.68. The van der Waals surface area contributed by atoms with E-state index in [1.807, 2.05) is 6.92 Å². The Morgan fingerprint density at radius 1 is 1.32 bits per heavy atom. The van der Waals surface area contributed by atoms with Crippen molar-refractivity contribution in [3.05, 3.63) is 35.1 Å². The Labute approximate surface area is 109 Å². The summed E-state index contributed by atoms with van der Waals surface area (Å²) in [6.07, 6.45) is -3.83. The first-order valence-electron chi connectivity index (χ1n) is 6.01. The molecule has 0 aliphatic heterocycles. The topological polar surface area (TPSA) is 21.3 Å². The Morgan fingerprint density at radius 3 is 2.47 bits per heavy atom. The third kappa shape index (κ3) is 4.47. The molecule has 1 rings (SSSR count). The van der Waals surface area contributed by atoms with Crippen LogP contribution in [0.1, 0.15) is 30.5 Å². The quantitative estimate of drug-likeness (QED) is 0.635. The van der Waals surface area contributed by atoms with E-state index >= 15 is 0 Å². The molecular weight excluding hydrogens is 262 g/mol. The van der Waals surface area contributed by atoms with E-state index in [-0.39, 0.29) is 12.6 Å². The Hall–Kier alpha value is -1.14. The molecule has 1 aromatic carbocycles. The van der Waals surface area contributed by atoms with Gasteiger partial charge in [0.25, 0.3) is 0 Å². The lowest BCUT2D eigenvalue weighted by Gasteiger charge is -2.18. The molecule has 0 aromatic heterocycles. The van der Waals surface area contributed by atoms with Gasteiger partial charge in [0, 0.05) is 6.61 Å². The van der Waals surface area contributed by atoms with Crippen LogP contribution in [-0.4, -0.2) is 20.3 Å². The summed E-state index contributed by atoms with van der Waals surface area (Å²) in [6.45, 7) is 2.79. The summed E-state index contributed by atoms with van der Waals surface area (Å²) < 4.78 is 56.1. The molecule has 0 fully saturated rings. The minimum atomic E-state index is -4.67. The summed E-state index contributed by atoms with van der Waals surface area (Å²) in [6, 6.07) is 2.60. The van der Waals surface area contributed by atoms with Gasteiger partial charge in [-0.3, -0.25) is 0 Å². The van der Waals surface area contributed by atoms with Crippen LogP contribution in [0.2, 0.25) is 0 Å². The third-order valence-corrected chi connectivity index (χ3v) is 2.68. The molecule has 0 amide bonds. The lowest BCUT2D eigenvalue weighted by Crippen LogP contribution is -2.22. The molecule has 6 heteroatoms. The van der Waals surface area contributed by atoms with Gasteiger partial charge in [-0.25, -0.2) is 4.39 Å². The van der Waals surface area contributed by atoms with Gasteiger partial charge in [0.15, 0.2) is 0 Å². The number of rotatable bonds is 6. The normalized spacial score (nSPS) is 13.6. The van der Waals surface area contributed by atoms with Crippen molar-refractivity contribution in [1.29, 1.82) is 0 Å². The van der Waals surface area contributed by atoms with E-state index in [2.05, 4.69) is 5.32 Å². The molecule has 0 saturated heterocycles. The van der Waals surface area contributed by atoms with Gasteiger partial charge in [-0.05, 0) is 31.2 Å². The second-order valence-corrected chi connectivity index (χ2v) is 4.15. The van der Waals surface area contributed by atoms with Crippen LogP contribution in [0, 0.1) is 5.82 Å². The average Bonchev–Trinajstić information content (AvgIpc) is 2.33. The molecule has 0 spiro atoms. The van der Waals surface area contributed by atoms with E-state index in [0.29, 0.717) is 12.2 Å². The monoisotopic (exact) mass is 279 g/mol. The Kier molecular flexibility index (Phi) is 5.75. The zero-order chi connectivity index (χ0) is 14.5. The molecule has 0 aliphatic rings. The van der Waals surface area contributed by atoms with Crippen molar-refractivity contribution in [3.63, 3.8) is 0 Å². The van der Waals surface area contributed by atoms with E-state index in [0.717, 1.165) is 18.6 Å². The zero-order valence-electron chi connectivity index (χ0n) is 10.9. The maximum Gasteiger partial charge on any atom is 0.419 e. The van der Waals surface area contributed by atoms with Crippen LogP contribution >= 0.6 is 0 Å². The number of hydrogen-bond donors (Lipinski definition) is 1. The van der Waals surface area contributed by atoms with Crippen molar-refractivity contribution in [1.82, 2.24) is 5.32 Å². The SMILES string of the molecule is CCCOCC(NC)c1ccc(C(F)(F)F)c(F)c1. The van der Waals surface area contributed by atoms with Crippen LogP contribution in [0.15, 0.2) is 18.2 Å². The molecule has 2 nitrogen and oxygen atoms in total. The minimum absolute atomic E-state index is 0.287. The predicted octanol–water partition coefficient (Wildman–Crippen LogP) is 3.53. The highest BCUT2D eigenvalue weighted by molar-refractivity contribution is 5.28. The molecular formula is C13H17F4NO. The maximum atomic E-state index is 13.4. The molecule has 0 heterocycles. The van der Waals surface area contributed by atoms with Crippen LogP contribution in [0.5, 0.6) is 0 Å². The van der Waals surface area contributed by atoms with Crippen molar-refractivity contribution >= 4 is 0 Å². The summed E-state index contributed by atoms with van der Waals surface area (Å²) in [4.78, 5) is 0. The van der Waals surface area contributed by atoms with Gasteiger partial charge >= 0.3 is 6.18 Å². The van der Waals surface area contributed by atoms with Crippen LogP contribution in [0.3, 0.4) is 0 Å². The predicted molar refractivity (Wildman–Crippen MR) is 64.3 cm³/mol. The molecule has 1 N–H and O–H groups in total. The van der Waals surface area contributed by atoms with Crippen molar-refractivity contribution in [2.24, 2.45) is 0 Å². The fourth-order valence-electron chi connectivity index (χ4n) is 1.67. The fourth-order valence-corrected chi connectivity index (χ4v) is 1.67. The van der Waals surface area contributed by atoms with Crippen LogP contribution in [0.4, 0.5) is 17.6 Å². The van der Waals surface area contributed by atoms with Gasteiger partial charge in [0.05, 0.1) is 18.2 Å². The number of nitrogens with one attached hydrogen (secondary N) is 1. The van der Waals surface area contributed by atoms with Gasteiger partial charge in [0.1, 0.15) is 5.82 Å². The summed E-state index contributed by atoms with van der Waals surface area (Å²) in [5, 5.41) is 2.89. The van der Waals surface area contributed by atoms with Gasteiger partial charge in [-0.15, -0.1) is 0 Å². The van der Waals surface area contributed by atoms with E-state index < -0.39 is 17.6 Å². The summed E-state index contributed by atoms with van der Waals surface area (Å²) >= 11 is 0.